The van der Waals surface area contributed by atoms with E-state index >= 15 is 0 Å². The molecule has 0 heterocycles. The molecule has 26 heavy (non-hydrogen) atoms. The third-order valence-electron chi connectivity index (χ3n) is 4.53. The van der Waals surface area contributed by atoms with Crippen LogP contribution in [0.1, 0.15) is 16.7 Å². The molecule has 0 amide bonds. The average Bonchev–Trinajstić information content (AvgIpc) is 2.69. The van der Waals surface area contributed by atoms with Crippen molar-refractivity contribution in [2.45, 2.75) is 13.0 Å². The molecule has 0 spiro atoms. The van der Waals surface area contributed by atoms with Crippen LogP contribution >= 0.6 is 15.9 Å². The van der Waals surface area contributed by atoms with Gasteiger partial charge in [0.15, 0.2) is 0 Å². The van der Waals surface area contributed by atoms with E-state index in [0.717, 1.165) is 22.0 Å². The minimum absolute atomic E-state index is 0.567. The van der Waals surface area contributed by atoms with Crippen molar-refractivity contribution in [2.75, 3.05) is 0 Å². The number of ether oxygens (including phenoxy) is 1. The number of hydrogen-bond donors (Lipinski definition) is 0. The number of rotatable bonds is 5. The molecule has 0 saturated heterocycles. The summed E-state index contributed by atoms with van der Waals surface area (Å²) in [4.78, 5) is 0. The van der Waals surface area contributed by atoms with Gasteiger partial charge >= 0.3 is 0 Å². The van der Waals surface area contributed by atoms with Crippen LogP contribution in [0.5, 0.6) is 5.75 Å². The first-order valence-electron chi connectivity index (χ1n) is 8.72. The van der Waals surface area contributed by atoms with Gasteiger partial charge < -0.3 is 4.74 Å². The van der Waals surface area contributed by atoms with Crippen molar-refractivity contribution in [3.8, 4) is 5.75 Å². The van der Waals surface area contributed by atoms with E-state index in [1.165, 1.54) is 22.1 Å². The molecule has 0 atom stereocenters. The van der Waals surface area contributed by atoms with Crippen molar-refractivity contribution in [3.63, 3.8) is 0 Å². The monoisotopic (exact) mass is 402 g/mol. The minimum atomic E-state index is 0.567. The fraction of sp³-hybridized carbons (Fsp3) is 0.0833. The fourth-order valence-electron chi connectivity index (χ4n) is 3.17. The molecule has 2 heteroatoms. The summed E-state index contributed by atoms with van der Waals surface area (Å²) < 4.78 is 7.46. The number of fused-ring (bicyclic) bond motifs is 1. The lowest BCUT2D eigenvalue weighted by atomic mass is 9.99. The highest BCUT2D eigenvalue weighted by atomic mass is 79.9. The van der Waals surface area contributed by atoms with E-state index in [9.17, 15) is 0 Å². The molecule has 0 fully saturated rings. The van der Waals surface area contributed by atoms with Gasteiger partial charge in [0.25, 0.3) is 0 Å². The molecule has 0 aliphatic heterocycles. The molecule has 0 N–H and O–H groups in total. The van der Waals surface area contributed by atoms with Gasteiger partial charge in [0.05, 0.1) is 0 Å². The predicted octanol–water partition coefficient (Wildman–Crippen LogP) is 6.77. The van der Waals surface area contributed by atoms with Crippen molar-refractivity contribution >= 4 is 26.7 Å². The molecule has 0 bridgehead atoms. The molecule has 0 aliphatic rings. The summed E-state index contributed by atoms with van der Waals surface area (Å²) >= 11 is 3.66. The molecule has 0 aromatic heterocycles. The smallest absolute Gasteiger partial charge is 0.131 e. The van der Waals surface area contributed by atoms with Crippen LogP contribution in [-0.4, -0.2) is 0 Å². The van der Waals surface area contributed by atoms with E-state index in [1.54, 1.807) is 0 Å². The summed E-state index contributed by atoms with van der Waals surface area (Å²) in [5, 5.41) is 2.36. The quantitative estimate of drug-likeness (QED) is 0.357. The number of hydrogen-bond acceptors (Lipinski definition) is 1. The molecule has 0 saturated carbocycles. The maximum atomic E-state index is 6.33. The summed E-state index contributed by atoms with van der Waals surface area (Å²) in [6.07, 6.45) is 0.830. The van der Waals surface area contributed by atoms with E-state index in [0.29, 0.717) is 6.61 Å². The Morgan fingerprint density at radius 1 is 0.654 bits per heavy atom. The Kier molecular flexibility index (Phi) is 5.03. The second-order valence-electron chi connectivity index (χ2n) is 6.32. The Labute approximate surface area is 162 Å². The van der Waals surface area contributed by atoms with Crippen molar-refractivity contribution < 1.29 is 4.74 Å². The van der Waals surface area contributed by atoms with Crippen LogP contribution in [0.3, 0.4) is 0 Å². The van der Waals surface area contributed by atoms with E-state index in [-0.39, 0.29) is 0 Å². The topological polar surface area (TPSA) is 9.23 Å². The number of benzene rings is 4. The van der Waals surface area contributed by atoms with Crippen molar-refractivity contribution in [1.82, 2.24) is 0 Å². The summed E-state index contributed by atoms with van der Waals surface area (Å²) in [5.74, 6) is 0.975. The standard InChI is InChI=1S/C24H19BrO/c25-23-13-7-5-11-20(23)16-21-15-14-19-10-4-6-12-22(19)24(21)26-17-18-8-2-1-3-9-18/h1-15H,16-17H2. The molecular formula is C24H19BrO. The third kappa shape index (κ3) is 3.66. The molecule has 4 aromatic rings. The van der Waals surface area contributed by atoms with Crippen LogP contribution in [0.15, 0.2) is 95.5 Å². The second-order valence-corrected chi connectivity index (χ2v) is 7.17. The molecule has 4 rings (SSSR count). The van der Waals surface area contributed by atoms with Gasteiger partial charge in [-0.3, -0.25) is 0 Å². The average molecular weight is 403 g/mol. The Bertz CT molecular complexity index is 1020. The van der Waals surface area contributed by atoms with Crippen molar-refractivity contribution in [3.05, 3.63) is 112 Å². The summed E-state index contributed by atoms with van der Waals surface area (Å²) in [6.45, 7) is 0.567. The Balaban J connectivity index is 1.73. The lowest BCUT2D eigenvalue weighted by molar-refractivity contribution is 0.307. The second kappa shape index (κ2) is 7.76. The fourth-order valence-corrected chi connectivity index (χ4v) is 3.60. The van der Waals surface area contributed by atoms with Gasteiger partial charge in [-0.15, -0.1) is 0 Å². The zero-order chi connectivity index (χ0) is 17.8. The van der Waals surface area contributed by atoms with E-state index in [2.05, 4.69) is 82.7 Å². The van der Waals surface area contributed by atoms with E-state index in [4.69, 9.17) is 4.74 Å². The van der Waals surface area contributed by atoms with Crippen LogP contribution in [0.2, 0.25) is 0 Å². The molecule has 4 aromatic carbocycles. The van der Waals surface area contributed by atoms with Gasteiger partial charge in [-0.05, 0) is 28.1 Å². The highest BCUT2D eigenvalue weighted by Crippen LogP contribution is 2.33. The maximum Gasteiger partial charge on any atom is 0.131 e. The molecule has 1 nitrogen and oxygen atoms in total. The normalized spacial score (nSPS) is 10.8. The van der Waals surface area contributed by atoms with Crippen LogP contribution in [0.25, 0.3) is 10.8 Å². The first-order valence-corrected chi connectivity index (χ1v) is 9.51. The lowest BCUT2D eigenvalue weighted by Crippen LogP contribution is -2.00. The van der Waals surface area contributed by atoms with Crippen LogP contribution in [-0.2, 0) is 13.0 Å². The Hall–Kier alpha value is -2.58. The van der Waals surface area contributed by atoms with E-state index in [1.807, 2.05) is 24.3 Å². The van der Waals surface area contributed by atoms with Gasteiger partial charge in [-0.25, -0.2) is 0 Å². The summed E-state index contributed by atoms with van der Waals surface area (Å²) in [7, 11) is 0. The van der Waals surface area contributed by atoms with E-state index < -0.39 is 0 Å². The first kappa shape index (κ1) is 16.9. The van der Waals surface area contributed by atoms with Crippen LogP contribution < -0.4 is 4.74 Å². The molecule has 128 valence electrons. The molecule has 0 unspecified atom stereocenters. The van der Waals surface area contributed by atoms with Crippen molar-refractivity contribution in [1.29, 1.82) is 0 Å². The molecule has 0 aliphatic carbocycles. The maximum absolute atomic E-state index is 6.33. The zero-order valence-corrected chi connectivity index (χ0v) is 15.9. The van der Waals surface area contributed by atoms with Crippen molar-refractivity contribution in [2.24, 2.45) is 0 Å². The van der Waals surface area contributed by atoms with Gasteiger partial charge in [0.2, 0.25) is 0 Å². The first-order chi connectivity index (χ1) is 12.8. The summed E-state index contributed by atoms with van der Waals surface area (Å²) in [5.41, 5.74) is 3.63. The highest BCUT2D eigenvalue weighted by molar-refractivity contribution is 9.10. The SMILES string of the molecule is Brc1ccccc1Cc1ccc2ccccc2c1OCc1ccccc1. The van der Waals surface area contributed by atoms with Gasteiger partial charge in [0.1, 0.15) is 12.4 Å². The Morgan fingerprint density at radius 3 is 2.23 bits per heavy atom. The minimum Gasteiger partial charge on any atom is -0.488 e. The number of halogens is 1. The van der Waals surface area contributed by atoms with Gasteiger partial charge in [-0.1, -0.05) is 101 Å². The third-order valence-corrected chi connectivity index (χ3v) is 5.30. The highest BCUT2D eigenvalue weighted by Gasteiger charge is 2.11. The summed E-state index contributed by atoms with van der Waals surface area (Å²) in [6, 6.07) is 31.4. The zero-order valence-electron chi connectivity index (χ0n) is 14.4. The van der Waals surface area contributed by atoms with Gasteiger partial charge in [-0.2, -0.15) is 0 Å². The predicted molar refractivity (Wildman–Crippen MR) is 112 cm³/mol. The molecule has 0 radical (unpaired) electrons. The molecular weight excluding hydrogens is 384 g/mol. The van der Waals surface area contributed by atoms with Crippen LogP contribution in [0.4, 0.5) is 0 Å². The Morgan fingerprint density at radius 2 is 1.38 bits per heavy atom. The van der Waals surface area contributed by atoms with Gasteiger partial charge in [0, 0.05) is 16.3 Å². The largest absolute Gasteiger partial charge is 0.488 e. The lowest BCUT2D eigenvalue weighted by Gasteiger charge is -2.15. The van der Waals surface area contributed by atoms with Crippen LogP contribution in [0, 0.1) is 0 Å².